The summed E-state index contributed by atoms with van der Waals surface area (Å²) < 4.78 is 6.21. The van der Waals surface area contributed by atoms with Gasteiger partial charge in [-0.1, -0.05) is 36.6 Å². The molecule has 0 spiro atoms. The van der Waals surface area contributed by atoms with Gasteiger partial charge in [0.05, 0.1) is 11.1 Å². The van der Waals surface area contributed by atoms with Crippen molar-refractivity contribution in [1.29, 1.82) is 0 Å². The fourth-order valence-corrected chi connectivity index (χ4v) is 2.96. The van der Waals surface area contributed by atoms with Gasteiger partial charge in [-0.05, 0) is 50.7 Å². The summed E-state index contributed by atoms with van der Waals surface area (Å²) >= 11 is 6.31. The SMILES string of the molecule is CC(N)Cc1cccc(Cl)c1OC1CCCCCC1. The second-order valence-electron chi connectivity index (χ2n) is 5.64. The molecule has 1 aromatic carbocycles. The van der Waals surface area contributed by atoms with Crippen molar-refractivity contribution in [2.75, 3.05) is 0 Å². The highest BCUT2D eigenvalue weighted by molar-refractivity contribution is 6.32. The lowest BCUT2D eigenvalue weighted by Gasteiger charge is -2.21. The molecular formula is C16H24ClNO. The van der Waals surface area contributed by atoms with Gasteiger partial charge in [0.25, 0.3) is 0 Å². The Bertz CT molecular complexity index is 398. The van der Waals surface area contributed by atoms with Crippen molar-refractivity contribution in [1.82, 2.24) is 0 Å². The zero-order valence-electron chi connectivity index (χ0n) is 11.7. The van der Waals surface area contributed by atoms with E-state index in [0.717, 1.165) is 30.6 Å². The van der Waals surface area contributed by atoms with Crippen LogP contribution < -0.4 is 10.5 Å². The molecule has 2 rings (SSSR count). The standard InChI is InChI=1S/C16H24ClNO/c1-12(18)11-13-7-6-10-15(17)16(13)19-14-8-4-2-3-5-9-14/h6-7,10,12,14H,2-5,8-9,11,18H2,1H3. The van der Waals surface area contributed by atoms with E-state index in [9.17, 15) is 0 Å². The Hall–Kier alpha value is -0.730. The van der Waals surface area contributed by atoms with Crippen molar-refractivity contribution in [2.24, 2.45) is 5.73 Å². The first-order valence-electron chi connectivity index (χ1n) is 7.36. The van der Waals surface area contributed by atoms with Crippen LogP contribution in [0.1, 0.15) is 51.0 Å². The second-order valence-corrected chi connectivity index (χ2v) is 6.05. The average molecular weight is 282 g/mol. The van der Waals surface area contributed by atoms with Crippen molar-refractivity contribution < 1.29 is 4.74 Å². The maximum atomic E-state index is 6.31. The summed E-state index contributed by atoms with van der Waals surface area (Å²) in [5.41, 5.74) is 7.03. The van der Waals surface area contributed by atoms with Gasteiger partial charge in [0.15, 0.2) is 0 Å². The lowest BCUT2D eigenvalue weighted by molar-refractivity contribution is 0.182. The molecule has 0 heterocycles. The topological polar surface area (TPSA) is 35.2 Å². The molecule has 0 aliphatic heterocycles. The molecule has 1 saturated carbocycles. The molecule has 19 heavy (non-hydrogen) atoms. The van der Waals surface area contributed by atoms with Crippen molar-refractivity contribution in [3.05, 3.63) is 28.8 Å². The van der Waals surface area contributed by atoms with Gasteiger partial charge in [-0.25, -0.2) is 0 Å². The molecule has 0 bridgehead atoms. The molecular weight excluding hydrogens is 258 g/mol. The van der Waals surface area contributed by atoms with E-state index in [1.807, 2.05) is 19.1 Å². The van der Waals surface area contributed by atoms with Crippen LogP contribution in [0.4, 0.5) is 0 Å². The Morgan fingerprint density at radius 3 is 2.58 bits per heavy atom. The molecule has 2 N–H and O–H groups in total. The molecule has 0 radical (unpaired) electrons. The molecule has 1 atom stereocenters. The third-order valence-corrected chi connectivity index (χ3v) is 3.97. The van der Waals surface area contributed by atoms with E-state index in [0.29, 0.717) is 11.1 Å². The van der Waals surface area contributed by atoms with Gasteiger partial charge in [-0.15, -0.1) is 0 Å². The predicted octanol–water partition coefficient (Wildman–Crippen LogP) is 4.33. The van der Waals surface area contributed by atoms with Gasteiger partial charge >= 0.3 is 0 Å². The van der Waals surface area contributed by atoms with E-state index < -0.39 is 0 Å². The van der Waals surface area contributed by atoms with Gasteiger partial charge in [0.1, 0.15) is 5.75 Å². The molecule has 1 aromatic rings. The molecule has 0 amide bonds. The van der Waals surface area contributed by atoms with Gasteiger partial charge in [0, 0.05) is 6.04 Å². The zero-order chi connectivity index (χ0) is 13.7. The summed E-state index contributed by atoms with van der Waals surface area (Å²) in [6.07, 6.45) is 8.59. The number of para-hydroxylation sites is 1. The highest BCUT2D eigenvalue weighted by Crippen LogP contribution is 2.32. The largest absolute Gasteiger partial charge is 0.489 e. The van der Waals surface area contributed by atoms with Crippen molar-refractivity contribution in [3.8, 4) is 5.75 Å². The molecule has 1 aliphatic rings. The third-order valence-electron chi connectivity index (χ3n) is 3.68. The van der Waals surface area contributed by atoms with Gasteiger partial charge in [-0.3, -0.25) is 0 Å². The molecule has 2 nitrogen and oxygen atoms in total. The van der Waals surface area contributed by atoms with Crippen LogP contribution in [0.25, 0.3) is 0 Å². The number of hydrogen-bond acceptors (Lipinski definition) is 2. The Balaban J connectivity index is 2.12. The molecule has 106 valence electrons. The summed E-state index contributed by atoms with van der Waals surface area (Å²) in [4.78, 5) is 0. The highest BCUT2D eigenvalue weighted by Gasteiger charge is 2.17. The molecule has 1 fully saturated rings. The summed E-state index contributed by atoms with van der Waals surface area (Å²) in [5, 5.41) is 0.711. The lowest BCUT2D eigenvalue weighted by atomic mass is 10.1. The highest BCUT2D eigenvalue weighted by atomic mass is 35.5. The number of hydrogen-bond donors (Lipinski definition) is 1. The number of benzene rings is 1. The summed E-state index contributed by atoms with van der Waals surface area (Å²) in [6.45, 7) is 2.01. The predicted molar refractivity (Wildman–Crippen MR) is 80.9 cm³/mol. The molecule has 1 unspecified atom stereocenters. The van der Waals surface area contributed by atoms with Crippen LogP contribution in [0.5, 0.6) is 5.75 Å². The Labute approximate surface area is 121 Å². The van der Waals surface area contributed by atoms with Crippen LogP contribution >= 0.6 is 11.6 Å². The normalized spacial score (nSPS) is 18.9. The average Bonchev–Trinajstić information content (AvgIpc) is 2.61. The second kappa shape index (κ2) is 7.16. The van der Waals surface area contributed by atoms with Gasteiger partial charge in [0.2, 0.25) is 0 Å². The molecule has 1 aliphatic carbocycles. The van der Waals surface area contributed by atoms with Crippen molar-refractivity contribution in [3.63, 3.8) is 0 Å². The first-order valence-corrected chi connectivity index (χ1v) is 7.74. The number of rotatable bonds is 4. The van der Waals surface area contributed by atoms with Crippen LogP contribution in [0.3, 0.4) is 0 Å². The van der Waals surface area contributed by atoms with Gasteiger partial charge in [-0.2, -0.15) is 0 Å². The van der Waals surface area contributed by atoms with E-state index >= 15 is 0 Å². The van der Waals surface area contributed by atoms with E-state index in [2.05, 4.69) is 6.07 Å². The number of nitrogens with two attached hydrogens (primary N) is 1. The summed E-state index contributed by atoms with van der Waals surface area (Å²) in [5.74, 6) is 0.855. The summed E-state index contributed by atoms with van der Waals surface area (Å²) in [7, 11) is 0. The fourth-order valence-electron chi connectivity index (χ4n) is 2.72. The van der Waals surface area contributed by atoms with E-state index in [4.69, 9.17) is 22.1 Å². The molecule has 0 aromatic heterocycles. The van der Waals surface area contributed by atoms with Crippen LogP contribution in [-0.2, 0) is 6.42 Å². The van der Waals surface area contributed by atoms with Gasteiger partial charge < -0.3 is 10.5 Å². The first-order chi connectivity index (χ1) is 9.16. The number of halogens is 1. The first kappa shape index (κ1) is 14.7. The quantitative estimate of drug-likeness (QED) is 0.834. The zero-order valence-corrected chi connectivity index (χ0v) is 12.5. The maximum Gasteiger partial charge on any atom is 0.141 e. The van der Waals surface area contributed by atoms with Crippen LogP contribution in [0, 0.1) is 0 Å². The minimum Gasteiger partial charge on any atom is -0.489 e. The summed E-state index contributed by atoms with van der Waals surface area (Å²) in [6, 6.07) is 6.06. The molecule has 3 heteroatoms. The smallest absolute Gasteiger partial charge is 0.141 e. The van der Waals surface area contributed by atoms with Crippen molar-refractivity contribution in [2.45, 2.75) is 64.0 Å². The molecule has 0 saturated heterocycles. The fraction of sp³-hybridized carbons (Fsp3) is 0.625. The minimum atomic E-state index is 0.120. The third kappa shape index (κ3) is 4.39. The number of ether oxygens (including phenoxy) is 1. The monoisotopic (exact) mass is 281 g/mol. The van der Waals surface area contributed by atoms with E-state index in [1.165, 1.54) is 25.7 Å². The van der Waals surface area contributed by atoms with E-state index in [1.54, 1.807) is 0 Å². The Morgan fingerprint density at radius 1 is 1.26 bits per heavy atom. The maximum absolute atomic E-state index is 6.31. The Morgan fingerprint density at radius 2 is 1.95 bits per heavy atom. The van der Waals surface area contributed by atoms with Crippen LogP contribution in [0.15, 0.2) is 18.2 Å². The Kier molecular flexibility index (Phi) is 5.53. The van der Waals surface area contributed by atoms with E-state index in [-0.39, 0.29) is 6.04 Å². The van der Waals surface area contributed by atoms with Crippen LogP contribution in [-0.4, -0.2) is 12.1 Å². The van der Waals surface area contributed by atoms with Crippen molar-refractivity contribution >= 4 is 11.6 Å². The van der Waals surface area contributed by atoms with Crippen LogP contribution in [0.2, 0.25) is 5.02 Å². The lowest BCUT2D eigenvalue weighted by Crippen LogP contribution is -2.20. The minimum absolute atomic E-state index is 0.120.